The lowest BCUT2D eigenvalue weighted by Crippen LogP contribution is -1.95. The molecule has 0 aliphatic heterocycles. The van der Waals surface area contributed by atoms with E-state index in [-0.39, 0.29) is 0 Å². The first-order valence-corrected chi connectivity index (χ1v) is 8.87. The second kappa shape index (κ2) is 8.44. The SMILES string of the molecule is C1CCCCC1.Cc1ccc2ncc(/C=C/c3ccccc3)n2n1. The Kier molecular flexibility index (Phi) is 5.78. The third-order valence-corrected chi connectivity index (χ3v) is 4.27. The summed E-state index contributed by atoms with van der Waals surface area (Å²) in [6, 6.07) is 14.1. The van der Waals surface area contributed by atoms with Gasteiger partial charge in [-0.25, -0.2) is 9.50 Å². The largest absolute Gasteiger partial charge is 0.235 e. The zero-order valence-corrected chi connectivity index (χ0v) is 14.4. The highest BCUT2D eigenvalue weighted by Gasteiger charge is 2.00. The first-order valence-electron chi connectivity index (χ1n) is 8.87. The van der Waals surface area contributed by atoms with E-state index in [0.29, 0.717) is 0 Å². The molecule has 4 rings (SSSR count). The molecule has 0 unspecified atom stereocenters. The number of hydrogen-bond acceptors (Lipinski definition) is 2. The lowest BCUT2D eigenvalue weighted by atomic mass is 10.0. The molecular weight excluding hydrogens is 294 g/mol. The average molecular weight is 319 g/mol. The molecule has 24 heavy (non-hydrogen) atoms. The monoisotopic (exact) mass is 319 g/mol. The molecule has 3 nitrogen and oxygen atoms in total. The van der Waals surface area contributed by atoms with Crippen LogP contribution in [-0.4, -0.2) is 14.6 Å². The average Bonchev–Trinajstić information content (AvgIpc) is 3.05. The van der Waals surface area contributed by atoms with E-state index in [1.54, 1.807) is 0 Å². The van der Waals surface area contributed by atoms with Crippen molar-refractivity contribution >= 4 is 17.8 Å². The van der Waals surface area contributed by atoms with Gasteiger partial charge in [-0.1, -0.05) is 74.9 Å². The van der Waals surface area contributed by atoms with Gasteiger partial charge in [0, 0.05) is 0 Å². The first kappa shape index (κ1) is 16.4. The van der Waals surface area contributed by atoms with Crippen LogP contribution in [0, 0.1) is 6.92 Å². The molecule has 2 aromatic heterocycles. The Morgan fingerprint density at radius 2 is 1.50 bits per heavy atom. The molecule has 0 radical (unpaired) electrons. The zero-order valence-electron chi connectivity index (χ0n) is 14.4. The van der Waals surface area contributed by atoms with Gasteiger partial charge in [-0.2, -0.15) is 5.10 Å². The maximum atomic E-state index is 4.45. The smallest absolute Gasteiger partial charge is 0.154 e. The molecule has 3 heteroatoms. The highest BCUT2D eigenvalue weighted by molar-refractivity contribution is 5.69. The predicted octanol–water partition coefficient (Wildman–Crippen LogP) is 5.55. The van der Waals surface area contributed by atoms with Gasteiger partial charge in [0.25, 0.3) is 0 Å². The van der Waals surface area contributed by atoms with Crippen molar-refractivity contribution in [3.63, 3.8) is 0 Å². The molecular formula is C21H25N3. The molecule has 1 aliphatic carbocycles. The summed E-state index contributed by atoms with van der Waals surface area (Å²) in [5.41, 5.74) is 4.00. The Balaban J connectivity index is 0.000000238. The van der Waals surface area contributed by atoms with Crippen molar-refractivity contribution in [2.24, 2.45) is 0 Å². The summed E-state index contributed by atoms with van der Waals surface area (Å²) >= 11 is 0. The Bertz CT molecular complexity index is 772. The minimum Gasteiger partial charge on any atom is -0.235 e. The van der Waals surface area contributed by atoms with Crippen LogP contribution in [0.4, 0.5) is 0 Å². The number of fused-ring (bicyclic) bond motifs is 1. The Labute approximate surface area is 144 Å². The number of nitrogens with zero attached hydrogens (tertiary/aromatic N) is 3. The molecule has 1 aliphatic rings. The van der Waals surface area contributed by atoms with E-state index in [1.165, 1.54) is 44.1 Å². The molecule has 2 heterocycles. The van der Waals surface area contributed by atoms with Crippen molar-refractivity contribution < 1.29 is 0 Å². The molecule has 0 amide bonds. The quantitative estimate of drug-likeness (QED) is 0.620. The van der Waals surface area contributed by atoms with Gasteiger partial charge in [0.05, 0.1) is 17.6 Å². The van der Waals surface area contributed by atoms with Gasteiger partial charge in [0.2, 0.25) is 0 Å². The molecule has 0 atom stereocenters. The van der Waals surface area contributed by atoms with Crippen molar-refractivity contribution in [3.8, 4) is 0 Å². The van der Waals surface area contributed by atoms with Gasteiger partial charge in [-0.3, -0.25) is 0 Å². The van der Waals surface area contributed by atoms with E-state index in [1.807, 2.05) is 54.0 Å². The van der Waals surface area contributed by atoms with E-state index < -0.39 is 0 Å². The number of aryl methyl sites for hydroxylation is 1. The topological polar surface area (TPSA) is 30.2 Å². The molecule has 1 fully saturated rings. The molecule has 0 spiro atoms. The molecule has 0 saturated heterocycles. The Hall–Kier alpha value is -2.42. The van der Waals surface area contributed by atoms with Gasteiger partial charge >= 0.3 is 0 Å². The zero-order chi connectivity index (χ0) is 16.6. The first-order chi connectivity index (χ1) is 11.8. The summed E-state index contributed by atoms with van der Waals surface area (Å²) in [6.45, 7) is 1.98. The summed E-state index contributed by atoms with van der Waals surface area (Å²) in [4.78, 5) is 4.32. The standard InChI is InChI=1S/C15H13N3.C6H12/c1-12-7-10-15-16-11-14(18(15)17-12)9-8-13-5-3-2-4-6-13;1-2-4-6-5-3-1/h2-11H,1H3;1-6H2/b9-8+;. The van der Waals surface area contributed by atoms with E-state index >= 15 is 0 Å². The van der Waals surface area contributed by atoms with E-state index in [9.17, 15) is 0 Å². The van der Waals surface area contributed by atoms with Crippen LogP contribution in [0.25, 0.3) is 17.8 Å². The molecule has 124 valence electrons. The Morgan fingerprint density at radius 1 is 0.833 bits per heavy atom. The van der Waals surface area contributed by atoms with Crippen LogP contribution in [-0.2, 0) is 0 Å². The van der Waals surface area contributed by atoms with E-state index in [0.717, 1.165) is 17.0 Å². The number of aromatic nitrogens is 3. The second-order valence-corrected chi connectivity index (χ2v) is 6.29. The Morgan fingerprint density at radius 3 is 2.17 bits per heavy atom. The normalized spacial score (nSPS) is 14.5. The van der Waals surface area contributed by atoms with Gasteiger partial charge in [0.15, 0.2) is 5.65 Å². The van der Waals surface area contributed by atoms with Crippen LogP contribution in [0.3, 0.4) is 0 Å². The summed E-state index contributed by atoms with van der Waals surface area (Å²) < 4.78 is 1.86. The summed E-state index contributed by atoms with van der Waals surface area (Å²) in [6.07, 6.45) is 14.9. The molecule has 1 saturated carbocycles. The molecule has 3 aromatic rings. The van der Waals surface area contributed by atoms with Crippen LogP contribution in [0.2, 0.25) is 0 Å². The maximum Gasteiger partial charge on any atom is 0.154 e. The van der Waals surface area contributed by atoms with Crippen LogP contribution >= 0.6 is 0 Å². The fourth-order valence-electron chi connectivity index (χ4n) is 2.90. The summed E-state index contributed by atoms with van der Waals surface area (Å²) in [5.74, 6) is 0. The third kappa shape index (κ3) is 4.54. The van der Waals surface area contributed by atoms with Crippen LogP contribution < -0.4 is 0 Å². The molecule has 0 bridgehead atoms. The lowest BCUT2D eigenvalue weighted by Gasteiger charge is -2.05. The van der Waals surface area contributed by atoms with Crippen molar-refractivity contribution in [2.45, 2.75) is 45.4 Å². The van der Waals surface area contributed by atoms with Crippen LogP contribution in [0.1, 0.15) is 55.5 Å². The van der Waals surface area contributed by atoms with Crippen molar-refractivity contribution in [2.75, 3.05) is 0 Å². The van der Waals surface area contributed by atoms with Gasteiger partial charge in [-0.15, -0.1) is 0 Å². The van der Waals surface area contributed by atoms with Crippen molar-refractivity contribution in [1.82, 2.24) is 14.6 Å². The maximum absolute atomic E-state index is 4.45. The highest BCUT2D eigenvalue weighted by atomic mass is 15.3. The van der Waals surface area contributed by atoms with Crippen LogP contribution in [0.15, 0.2) is 48.7 Å². The highest BCUT2D eigenvalue weighted by Crippen LogP contribution is 2.15. The van der Waals surface area contributed by atoms with Crippen LogP contribution in [0.5, 0.6) is 0 Å². The summed E-state index contributed by atoms with van der Waals surface area (Å²) in [5, 5.41) is 4.45. The number of hydrogen-bond donors (Lipinski definition) is 0. The van der Waals surface area contributed by atoms with E-state index in [2.05, 4.69) is 28.3 Å². The van der Waals surface area contributed by atoms with Gasteiger partial charge in [-0.05, 0) is 30.7 Å². The minimum atomic E-state index is 0.869. The molecule has 1 aromatic carbocycles. The van der Waals surface area contributed by atoms with Gasteiger partial charge < -0.3 is 0 Å². The number of benzene rings is 1. The predicted molar refractivity (Wildman–Crippen MR) is 101 cm³/mol. The van der Waals surface area contributed by atoms with Crippen molar-refractivity contribution in [3.05, 3.63) is 65.6 Å². The number of imidazole rings is 1. The second-order valence-electron chi connectivity index (χ2n) is 6.29. The fraction of sp³-hybridized carbons (Fsp3) is 0.333. The van der Waals surface area contributed by atoms with Crippen molar-refractivity contribution in [1.29, 1.82) is 0 Å². The lowest BCUT2D eigenvalue weighted by molar-refractivity contribution is 0.504. The van der Waals surface area contributed by atoms with E-state index in [4.69, 9.17) is 0 Å². The summed E-state index contributed by atoms with van der Waals surface area (Å²) in [7, 11) is 0. The minimum absolute atomic E-state index is 0.869. The third-order valence-electron chi connectivity index (χ3n) is 4.27. The van der Waals surface area contributed by atoms with Gasteiger partial charge in [0.1, 0.15) is 0 Å². The fourth-order valence-corrected chi connectivity index (χ4v) is 2.90. The molecule has 0 N–H and O–H groups in total. The number of rotatable bonds is 2.